The number of aryl methyl sites for hydroxylation is 1. The molecule has 4 heteroatoms. The van der Waals surface area contributed by atoms with E-state index in [1.54, 1.807) is 0 Å². The molecule has 1 aromatic carbocycles. The molecule has 0 heterocycles. The van der Waals surface area contributed by atoms with Crippen molar-refractivity contribution in [2.24, 2.45) is 10.7 Å². The average Bonchev–Trinajstić information content (AvgIpc) is 2.36. The van der Waals surface area contributed by atoms with Gasteiger partial charge in [-0.1, -0.05) is 31.9 Å². The first kappa shape index (κ1) is 16.8. The number of nitrogens with two attached hydrogens (primary N) is 1. The van der Waals surface area contributed by atoms with Crippen LogP contribution in [0.25, 0.3) is 0 Å². The lowest BCUT2D eigenvalue weighted by atomic mass is 10.1. The van der Waals surface area contributed by atoms with E-state index < -0.39 is 0 Å². The summed E-state index contributed by atoms with van der Waals surface area (Å²) in [6.07, 6.45) is 7.11. The lowest BCUT2D eigenvalue weighted by Crippen LogP contribution is -2.24. The van der Waals surface area contributed by atoms with Crippen molar-refractivity contribution in [2.75, 3.05) is 5.32 Å². The van der Waals surface area contributed by atoms with Crippen LogP contribution in [0, 0.1) is 12.3 Å². The van der Waals surface area contributed by atoms with Gasteiger partial charge < -0.3 is 11.1 Å². The molecule has 0 saturated carbocycles. The maximum atomic E-state index is 5.79. The van der Waals surface area contributed by atoms with Crippen molar-refractivity contribution in [3.8, 4) is 12.3 Å². The van der Waals surface area contributed by atoms with Crippen LogP contribution in [0.2, 0.25) is 0 Å². The molecule has 1 rings (SSSR count). The van der Waals surface area contributed by atoms with E-state index in [2.05, 4.69) is 35.3 Å². The molecule has 0 aliphatic heterocycles. The largest absolute Gasteiger partial charge is 0.370 e. The molecule has 0 amide bonds. The number of nitrogens with zero attached hydrogens (tertiary/aromatic N) is 1. The fourth-order valence-corrected chi connectivity index (χ4v) is 1.46. The molecule has 3 nitrogen and oxygen atoms in total. The second-order valence-corrected chi connectivity index (χ2v) is 3.78. The van der Waals surface area contributed by atoms with E-state index in [0.717, 1.165) is 18.5 Å². The van der Waals surface area contributed by atoms with Crippen molar-refractivity contribution < 1.29 is 0 Å². The summed E-state index contributed by atoms with van der Waals surface area (Å²) in [5.74, 6) is 2.95. The number of hydrogen-bond acceptors (Lipinski definition) is 1. The summed E-state index contributed by atoms with van der Waals surface area (Å²) < 4.78 is 0. The summed E-state index contributed by atoms with van der Waals surface area (Å²) in [6.45, 7) is 4.10. The van der Waals surface area contributed by atoms with Gasteiger partial charge in [-0.2, -0.15) is 0 Å². The zero-order valence-corrected chi connectivity index (χ0v) is 13.1. The van der Waals surface area contributed by atoms with Crippen LogP contribution >= 0.6 is 24.0 Å². The van der Waals surface area contributed by atoms with Gasteiger partial charge in [0.15, 0.2) is 5.96 Å². The third-order valence-corrected chi connectivity index (χ3v) is 2.48. The predicted molar refractivity (Wildman–Crippen MR) is 89.4 cm³/mol. The molecular formula is C14H20IN3. The Bertz CT molecular complexity index is 435. The van der Waals surface area contributed by atoms with Crippen LogP contribution in [0.5, 0.6) is 0 Å². The molecule has 3 N–H and O–H groups in total. The Hall–Kier alpha value is -1.22. The molecular weight excluding hydrogens is 337 g/mol. The molecule has 1 unspecified atom stereocenters. The molecule has 0 radical (unpaired) electrons. The van der Waals surface area contributed by atoms with Crippen LogP contribution in [0.4, 0.5) is 5.69 Å². The molecule has 0 saturated heterocycles. The Morgan fingerprint density at radius 3 is 2.78 bits per heavy atom. The summed E-state index contributed by atoms with van der Waals surface area (Å²) in [6, 6.07) is 7.93. The number of aliphatic imine (C=N–C) groups is 1. The van der Waals surface area contributed by atoms with Gasteiger partial charge in [0.2, 0.25) is 0 Å². The molecule has 0 spiro atoms. The van der Waals surface area contributed by atoms with E-state index in [1.807, 2.05) is 19.1 Å². The number of benzene rings is 1. The number of hydrogen-bond donors (Lipinski definition) is 2. The minimum atomic E-state index is -0.156. The van der Waals surface area contributed by atoms with Gasteiger partial charge in [0, 0.05) is 5.69 Å². The van der Waals surface area contributed by atoms with Crippen molar-refractivity contribution in [1.82, 2.24) is 0 Å². The van der Waals surface area contributed by atoms with Gasteiger partial charge in [-0.3, -0.25) is 0 Å². The number of rotatable bonds is 4. The lowest BCUT2D eigenvalue weighted by Gasteiger charge is -2.08. The second kappa shape index (κ2) is 8.81. The molecule has 0 aliphatic carbocycles. The quantitative estimate of drug-likeness (QED) is 0.377. The van der Waals surface area contributed by atoms with Crippen LogP contribution in [-0.2, 0) is 6.42 Å². The minimum absolute atomic E-state index is 0. The topological polar surface area (TPSA) is 50.4 Å². The number of guanidine groups is 1. The van der Waals surface area contributed by atoms with Gasteiger partial charge in [-0.15, -0.1) is 30.4 Å². The molecule has 18 heavy (non-hydrogen) atoms. The van der Waals surface area contributed by atoms with Crippen molar-refractivity contribution >= 4 is 35.6 Å². The van der Waals surface area contributed by atoms with Crippen LogP contribution < -0.4 is 11.1 Å². The SMILES string of the molecule is C#CC(CC)N=C(N)Nc1cccc(CC)c1.I. The number of terminal acetylenes is 1. The van der Waals surface area contributed by atoms with Crippen molar-refractivity contribution in [2.45, 2.75) is 32.7 Å². The standard InChI is InChI=1S/C14H19N3.HI/c1-4-11-8-7-9-13(10-11)17-14(15)16-12(5-2)6-3;/h2,7-10,12H,4,6H2,1,3H3,(H3,15,16,17);1H. The van der Waals surface area contributed by atoms with Gasteiger partial charge in [0.25, 0.3) is 0 Å². The van der Waals surface area contributed by atoms with Gasteiger partial charge in [-0.25, -0.2) is 4.99 Å². The van der Waals surface area contributed by atoms with E-state index in [0.29, 0.717) is 5.96 Å². The summed E-state index contributed by atoms with van der Waals surface area (Å²) in [5.41, 5.74) is 7.99. The van der Waals surface area contributed by atoms with Gasteiger partial charge in [0.1, 0.15) is 6.04 Å². The first-order valence-corrected chi connectivity index (χ1v) is 5.85. The summed E-state index contributed by atoms with van der Waals surface area (Å²) in [7, 11) is 0. The maximum absolute atomic E-state index is 5.79. The molecule has 0 aliphatic rings. The summed E-state index contributed by atoms with van der Waals surface area (Å²) in [4.78, 5) is 4.21. The van der Waals surface area contributed by atoms with Gasteiger partial charge in [-0.05, 0) is 30.5 Å². The third kappa shape index (κ3) is 5.41. The Labute approximate surface area is 126 Å². The highest BCUT2D eigenvalue weighted by atomic mass is 127. The van der Waals surface area contributed by atoms with Crippen molar-refractivity contribution in [3.05, 3.63) is 29.8 Å². The van der Waals surface area contributed by atoms with Crippen molar-refractivity contribution in [1.29, 1.82) is 0 Å². The molecule has 1 atom stereocenters. The predicted octanol–water partition coefficient (Wildman–Crippen LogP) is 3.01. The highest BCUT2D eigenvalue weighted by molar-refractivity contribution is 14.0. The molecule has 1 aromatic rings. The van der Waals surface area contributed by atoms with E-state index in [9.17, 15) is 0 Å². The first-order chi connectivity index (χ1) is 8.19. The summed E-state index contributed by atoms with van der Waals surface area (Å²) >= 11 is 0. The Kier molecular flexibility index (Phi) is 8.21. The minimum Gasteiger partial charge on any atom is -0.370 e. The maximum Gasteiger partial charge on any atom is 0.194 e. The average molecular weight is 357 g/mol. The Balaban J connectivity index is 0.00000289. The Morgan fingerprint density at radius 1 is 1.50 bits per heavy atom. The second-order valence-electron chi connectivity index (χ2n) is 3.78. The zero-order chi connectivity index (χ0) is 12.7. The molecule has 0 aromatic heterocycles. The summed E-state index contributed by atoms with van der Waals surface area (Å²) in [5, 5.41) is 3.05. The van der Waals surface area contributed by atoms with Crippen LogP contribution in [0.1, 0.15) is 25.8 Å². The molecule has 98 valence electrons. The highest BCUT2D eigenvalue weighted by Gasteiger charge is 2.01. The first-order valence-electron chi connectivity index (χ1n) is 5.85. The normalized spacial score (nSPS) is 12.2. The van der Waals surface area contributed by atoms with E-state index in [-0.39, 0.29) is 30.0 Å². The van der Waals surface area contributed by atoms with E-state index in [4.69, 9.17) is 12.2 Å². The van der Waals surface area contributed by atoms with E-state index in [1.165, 1.54) is 5.56 Å². The van der Waals surface area contributed by atoms with Crippen LogP contribution in [0.3, 0.4) is 0 Å². The number of halogens is 1. The monoisotopic (exact) mass is 357 g/mol. The molecule has 0 fully saturated rings. The van der Waals surface area contributed by atoms with Gasteiger partial charge in [0.05, 0.1) is 0 Å². The number of anilines is 1. The fourth-order valence-electron chi connectivity index (χ4n) is 1.46. The third-order valence-electron chi connectivity index (χ3n) is 2.48. The van der Waals surface area contributed by atoms with Gasteiger partial charge >= 0.3 is 0 Å². The van der Waals surface area contributed by atoms with Crippen LogP contribution in [-0.4, -0.2) is 12.0 Å². The highest BCUT2D eigenvalue weighted by Crippen LogP contribution is 2.10. The number of nitrogens with one attached hydrogen (secondary N) is 1. The smallest absolute Gasteiger partial charge is 0.194 e. The zero-order valence-electron chi connectivity index (χ0n) is 10.8. The fraction of sp³-hybridized carbons (Fsp3) is 0.357. The van der Waals surface area contributed by atoms with E-state index >= 15 is 0 Å². The molecule has 0 bridgehead atoms. The van der Waals surface area contributed by atoms with Crippen molar-refractivity contribution in [3.63, 3.8) is 0 Å². The lowest BCUT2D eigenvalue weighted by molar-refractivity contribution is 0.806. The van der Waals surface area contributed by atoms with Crippen LogP contribution in [0.15, 0.2) is 29.3 Å². The Morgan fingerprint density at radius 2 is 2.22 bits per heavy atom.